The number of fused-ring (bicyclic) bond motifs is 1. The summed E-state index contributed by atoms with van der Waals surface area (Å²) in [5.41, 5.74) is 2.37. The number of carbonyl (C=O) groups is 2. The number of nitrogens with zero attached hydrogens (tertiary/aromatic N) is 1. The molecule has 2 aromatic carbocycles. The van der Waals surface area contributed by atoms with Crippen molar-refractivity contribution in [1.82, 2.24) is 5.32 Å². The van der Waals surface area contributed by atoms with Gasteiger partial charge in [0.15, 0.2) is 0 Å². The van der Waals surface area contributed by atoms with Gasteiger partial charge in [0.25, 0.3) is 0 Å². The number of amides is 2. The normalized spacial score (nSPS) is 22.1. The van der Waals surface area contributed by atoms with E-state index in [4.69, 9.17) is 0 Å². The molecule has 1 heterocycles. The number of anilines is 1. The highest BCUT2D eigenvalue weighted by Gasteiger charge is 2.51. The van der Waals surface area contributed by atoms with E-state index in [-0.39, 0.29) is 23.7 Å². The lowest BCUT2D eigenvalue weighted by atomic mass is 9.73. The predicted octanol–water partition coefficient (Wildman–Crippen LogP) is 3.84. The van der Waals surface area contributed by atoms with E-state index in [1.165, 1.54) is 12.8 Å². The van der Waals surface area contributed by atoms with Crippen LogP contribution >= 0.6 is 0 Å². The molecule has 1 saturated carbocycles. The van der Waals surface area contributed by atoms with Gasteiger partial charge in [0.05, 0.1) is 5.41 Å². The van der Waals surface area contributed by atoms with Crippen molar-refractivity contribution in [2.24, 2.45) is 5.41 Å². The molecule has 1 N–H and O–H groups in total. The molecule has 2 amide bonds. The zero-order chi connectivity index (χ0) is 19.8. The molecule has 1 atom stereocenters. The Kier molecular flexibility index (Phi) is 4.74. The summed E-state index contributed by atoms with van der Waals surface area (Å²) < 4.78 is 0. The van der Waals surface area contributed by atoms with Crippen molar-refractivity contribution in [3.05, 3.63) is 65.7 Å². The van der Waals surface area contributed by atoms with E-state index in [1.807, 2.05) is 61.6 Å². The average molecular weight is 377 g/mol. The van der Waals surface area contributed by atoms with E-state index in [0.717, 1.165) is 29.8 Å². The first-order valence-corrected chi connectivity index (χ1v) is 10.2. The fourth-order valence-corrected chi connectivity index (χ4v) is 4.52. The van der Waals surface area contributed by atoms with Gasteiger partial charge in [0.1, 0.15) is 0 Å². The largest absolute Gasteiger partial charge is 0.356 e. The van der Waals surface area contributed by atoms with Crippen LogP contribution in [0.1, 0.15) is 43.7 Å². The molecular formula is C24H28N2O2. The second-order valence-corrected chi connectivity index (χ2v) is 8.43. The Hall–Kier alpha value is -2.62. The number of likely N-dealkylation sites (N-methyl/N-ethyl adjacent to an activating group) is 1. The topological polar surface area (TPSA) is 49.4 Å². The van der Waals surface area contributed by atoms with Crippen LogP contribution in [0.25, 0.3) is 0 Å². The average Bonchev–Trinajstić information content (AvgIpc) is 3.48. The highest BCUT2D eigenvalue weighted by atomic mass is 16.2. The van der Waals surface area contributed by atoms with Crippen LogP contribution in [0.3, 0.4) is 0 Å². The Morgan fingerprint density at radius 3 is 2.43 bits per heavy atom. The van der Waals surface area contributed by atoms with E-state index in [1.54, 1.807) is 4.90 Å². The van der Waals surface area contributed by atoms with Crippen LogP contribution in [0.5, 0.6) is 0 Å². The molecule has 28 heavy (non-hydrogen) atoms. The van der Waals surface area contributed by atoms with Crippen molar-refractivity contribution >= 4 is 17.5 Å². The molecule has 1 unspecified atom stereocenters. The first-order chi connectivity index (χ1) is 13.5. The van der Waals surface area contributed by atoms with Crippen LogP contribution in [0.4, 0.5) is 5.69 Å². The zero-order valence-electron chi connectivity index (χ0n) is 16.7. The van der Waals surface area contributed by atoms with Gasteiger partial charge in [-0.25, -0.2) is 0 Å². The molecule has 0 saturated heterocycles. The third-order valence-electron chi connectivity index (χ3n) is 6.67. The minimum absolute atomic E-state index is 0.00401. The van der Waals surface area contributed by atoms with Crippen molar-refractivity contribution in [2.75, 3.05) is 18.5 Å². The summed E-state index contributed by atoms with van der Waals surface area (Å²) in [5, 5.41) is 3.13. The molecule has 4 rings (SSSR count). The molecule has 0 aromatic heterocycles. The molecule has 1 aliphatic heterocycles. The smallest absolute Gasteiger partial charge is 0.238 e. The first kappa shape index (κ1) is 18.7. The fourth-order valence-electron chi connectivity index (χ4n) is 4.52. The highest BCUT2D eigenvalue weighted by Crippen LogP contribution is 2.48. The standard InChI is InChI=1S/C24H28N2O2/c1-3-23(13-14-23)17-25-21(27)16-24(15-18-9-5-4-6-10-18)19-11-7-8-12-20(19)26(2)22(24)28/h4-12H,3,13-17H2,1-2H3,(H,25,27). The maximum Gasteiger partial charge on any atom is 0.238 e. The molecule has 0 spiro atoms. The molecule has 1 aliphatic carbocycles. The van der Waals surface area contributed by atoms with Crippen LogP contribution in [0.2, 0.25) is 0 Å². The molecule has 2 aromatic rings. The van der Waals surface area contributed by atoms with Crippen LogP contribution in [-0.4, -0.2) is 25.4 Å². The lowest BCUT2D eigenvalue weighted by Crippen LogP contribution is -2.45. The molecule has 4 nitrogen and oxygen atoms in total. The van der Waals surface area contributed by atoms with Crippen LogP contribution in [0.15, 0.2) is 54.6 Å². The lowest BCUT2D eigenvalue weighted by Gasteiger charge is -2.28. The van der Waals surface area contributed by atoms with Crippen molar-refractivity contribution in [3.8, 4) is 0 Å². The van der Waals surface area contributed by atoms with E-state index in [0.29, 0.717) is 6.42 Å². The Morgan fingerprint density at radius 2 is 1.75 bits per heavy atom. The van der Waals surface area contributed by atoms with Gasteiger partial charge in [-0.2, -0.15) is 0 Å². The van der Waals surface area contributed by atoms with E-state index in [2.05, 4.69) is 12.2 Å². The van der Waals surface area contributed by atoms with E-state index >= 15 is 0 Å². The molecule has 146 valence electrons. The number of hydrogen-bond acceptors (Lipinski definition) is 2. The number of hydrogen-bond donors (Lipinski definition) is 1. The minimum Gasteiger partial charge on any atom is -0.356 e. The molecule has 2 aliphatic rings. The molecule has 0 bridgehead atoms. The number of carbonyl (C=O) groups excluding carboxylic acids is 2. The van der Waals surface area contributed by atoms with Gasteiger partial charge < -0.3 is 10.2 Å². The maximum atomic E-state index is 13.4. The highest BCUT2D eigenvalue weighted by molar-refractivity contribution is 6.09. The van der Waals surface area contributed by atoms with Crippen molar-refractivity contribution in [3.63, 3.8) is 0 Å². The molecule has 4 heteroatoms. The summed E-state index contributed by atoms with van der Waals surface area (Å²) in [5.74, 6) is -0.0292. The predicted molar refractivity (Wildman–Crippen MR) is 111 cm³/mol. The summed E-state index contributed by atoms with van der Waals surface area (Å²) in [6, 6.07) is 17.9. The van der Waals surface area contributed by atoms with Gasteiger partial charge in [-0.15, -0.1) is 0 Å². The number of rotatable bonds is 7. The Bertz CT molecular complexity index is 888. The summed E-state index contributed by atoms with van der Waals surface area (Å²) >= 11 is 0. The molecule has 1 fully saturated rings. The van der Waals surface area contributed by atoms with Crippen LogP contribution < -0.4 is 10.2 Å². The van der Waals surface area contributed by atoms with Crippen LogP contribution in [-0.2, 0) is 21.4 Å². The van der Waals surface area contributed by atoms with E-state index in [9.17, 15) is 9.59 Å². The number of para-hydroxylation sites is 1. The van der Waals surface area contributed by atoms with E-state index < -0.39 is 5.41 Å². The fraction of sp³-hybridized carbons (Fsp3) is 0.417. The molecule has 0 radical (unpaired) electrons. The summed E-state index contributed by atoms with van der Waals surface area (Å²) in [6.45, 7) is 2.90. The second-order valence-electron chi connectivity index (χ2n) is 8.43. The third kappa shape index (κ3) is 3.21. The van der Waals surface area contributed by atoms with Crippen molar-refractivity contribution in [2.45, 2.75) is 44.4 Å². The van der Waals surface area contributed by atoms with Crippen LogP contribution in [0, 0.1) is 5.41 Å². The third-order valence-corrected chi connectivity index (χ3v) is 6.67. The summed E-state index contributed by atoms with van der Waals surface area (Å²) in [4.78, 5) is 28.1. The number of nitrogens with one attached hydrogen (secondary N) is 1. The quantitative estimate of drug-likeness (QED) is 0.798. The first-order valence-electron chi connectivity index (χ1n) is 10.2. The lowest BCUT2D eigenvalue weighted by molar-refractivity contribution is -0.129. The SMILES string of the molecule is CCC1(CNC(=O)CC2(Cc3ccccc3)C(=O)N(C)c3ccccc32)CC1. The Balaban J connectivity index is 1.65. The Morgan fingerprint density at radius 1 is 1.07 bits per heavy atom. The molecular weight excluding hydrogens is 348 g/mol. The monoisotopic (exact) mass is 376 g/mol. The summed E-state index contributed by atoms with van der Waals surface area (Å²) in [7, 11) is 1.81. The van der Waals surface area contributed by atoms with Crippen molar-refractivity contribution < 1.29 is 9.59 Å². The number of benzene rings is 2. The second kappa shape index (κ2) is 7.08. The Labute approximate surface area is 166 Å². The van der Waals surface area contributed by atoms with Crippen molar-refractivity contribution in [1.29, 1.82) is 0 Å². The summed E-state index contributed by atoms with van der Waals surface area (Å²) in [6.07, 6.45) is 4.17. The van der Waals surface area contributed by atoms with Gasteiger partial charge in [-0.3, -0.25) is 9.59 Å². The van der Waals surface area contributed by atoms with Gasteiger partial charge in [-0.1, -0.05) is 55.5 Å². The minimum atomic E-state index is -0.848. The van der Waals surface area contributed by atoms with Gasteiger partial charge >= 0.3 is 0 Å². The van der Waals surface area contributed by atoms with Gasteiger partial charge in [0.2, 0.25) is 11.8 Å². The zero-order valence-corrected chi connectivity index (χ0v) is 16.7. The van der Waals surface area contributed by atoms with Gasteiger partial charge in [-0.05, 0) is 48.3 Å². The van der Waals surface area contributed by atoms with Gasteiger partial charge in [0, 0.05) is 25.7 Å². The maximum absolute atomic E-state index is 13.4.